The van der Waals surface area contributed by atoms with E-state index in [1.165, 1.54) is 28.6 Å². The molecule has 0 aliphatic carbocycles. The highest BCUT2D eigenvalue weighted by Crippen LogP contribution is 2.25. The van der Waals surface area contributed by atoms with E-state index in [1.807, 2.05) is 0 Å². The number of carbonyl (C=O) groups excluding carboxylic acids is 1. The third kappa shape index (κ3) is 3.45. The highest BCUT2D eigenvalue weighted by molar-refractivity contribution is 8.00. The largest absolute Gasteiger partial charge is 0.324 e. The van der Waals surface area contributed by atoms with Gasteiger partial charge in [-0.1, -0.05) is 23.4 Å². The van der Waals surface area contributed by atoms with E-state index in [-0.39, 0.29) is 10.9 Å². The van der Waals surface area contributed by atoms with E-state index in [0.717, 1.165) is 6.07 Å². The molecule has 1 heterocycles. The Labute approximate surface area is 123 Å². The van der Waals surface area contributed by atoms with Crippen molar-refractivity contribution in [2.75, 3.05) is 5.32 Å². The van der Waals surface area contributed by atoms with Gasteiger partial charge in [-0.15, -0.1) is 5.10 Å². The highest BCUT2D eigenvalue weighted by atomic mass is 35.5. The Bertz CT molecular complexity index is 635. The van der Waals surface area contributed by atoms with E-state index < -0.39 is 11.1 Å². The molecule has 0 aliphatic heterocycles. The van der Waals surface area contributed by atoms with Crippen LogP contribution < -0.4 is 5.32 Å². The first kappa shape index (κ1) is 14.7. The minimum Gasteiger partial charge on any atom is -0.324 e. The van der Waals surface area contributed by atoms with Gasteiger partial charge in [0.2, 0.25) is 11.1 Å². The van der Waals surface area contributed by atoms with Crippen molar-refractivity contribution >= 4 is 35.0 Å². The Hall–Kier alpha value is -1.67. The second-order valence-electron chi connectivity index (χ2n) is 3.96. The van der Waals surface area contributed by atoms with Gasteiger partial charge >= 0.3 is 0 Å². The lowest BCUT2D eigenvalue weighted by atomic mass is 10.3. The standard InChI is InChI=1S/C11H11ClFN5OS/c1-6(20-11-15-16-17-18(11)2)10(19)14-9-4-3-7(13)5-8(9)12/h3-6H,1-2H3,(H,14,19). The number of nitrogens with one attached hydrogen (secondary N) is 1. The van der Waals surface area contributed by atoms with Crippen LogP contribution in [0, 0.1) is 5.82 Å². The zero-order valence-corrected chi connectivity index (χ0v) is 12.2. The molecule has 20 heavy (non-hydrogen) atoms. The maximum atomic E-state index is 12.9. The molecule has 1 unspecified atom stereocenters. The first-order chi connectivity index (χ1) is 9.47. The molecule has 1 atom stereocenters. The van der Waals surface area contributed by atoms with Crippen LogP contribution in [0.4, 0.5) is 10.1 Å². The van der Waals surface area contributed by atoms with Gasteiger partial charge in [0.25, 0.3) is 0 Å². The third-order valence-electron chi connectivity index (χ3n) is 2.42. The van der Waals surface area contributed by atoms with E-state index in [4.69, 9.17) is 11.6 Å². The first-order valence-electron chi connectivity index (χ1n) is 5.62. The predicted octanol–water partition coefficient (Wildman–Crippen LogP) is 2.12. The topological polar surface area (TPSA) is 72.7 Å². The first-order valence-corrected chi connectivity index (χ1v) is 6.88. The zero-order chi connectivity index (χ0) is 14.7. The number of anilines is 1. The fourth-order valence-corrected chi connectivity index (χ4v) is 2.33. The van der Waals surface area contributed by atoms with E-state index >= 15 is 0 Å². The smallest absolute Gasteiger partial charge is 0.237 e. The van der Waals surface area contributed by atoms with Crippen molar-refractivity contribution < 1.29 is 9.18 Å². The van der Waals surface area contributed by atoms with Crippen LogP contribution in [-0.4, -0.2) is 31.4 Å². The van der Waals surface area contributed by atoms with Crippen LogP contribution in [0.15, 0.2) is 23.4 Å². The summed E-state index contributed by atoms with van der Waals surface area (Å²) in [5.41, 5.74) is 0.363. The Morgan fingerprint density at radius 2 is 2.30 bits per heavy atom. The van der Waals surface area contributed by atoms with Crippen LogP contribution in [0.2, 0.25) is 5.02 Å². The van der Waals surface area contributed by atoms with Gasteiger partial charge in [0, 0.05) is 7.05 Å². The quantitative estimate of drug-likeness (QED) is 0.875. The van der Waals surface area contributed by atoms with Gasteiger partial charge in [-0.25, -0.2) is 9.07 Å². The van der Waals surface area contributed by atoms with Gasteiger partial charge in [-0.3, -0.25) is 4.79 Å². The van der Waals surface area contributed by atoms with Crippen LogP contribution >= 0.6 is 23.4 Å². The second kappa shape index (κ2) is 6.19. The minimum absolute atomic E-state index is 0.149. The van der Waals surface area contributed by atoms with Crippen molar-refractivity contribution in [3.8, 4) is 0 Å². The average Bonchev–Trinajstić information content (AvgIpc) is 2.78. The molecule has 0 fully saturated rings. The number of amides is 1. The van der Waals surface area contributed by atoms with Crippen molar-refractivity contribution in [3.63, 3.8) is 0 Å². The summed E-state index contributed by atoms with van der Waals surface area (Å²) in [4.78, 5) is 12.0. The third-order valence-corrected chi connectivity index (χ3v) is 3.86. The highest BCUT2D eigenvalue weighted by Gasteiger charge is 2.18. The Balaban J connectivity index is 2.02. The van der Waals surface area contributed by atoms with E-state index in [1.54, 1.807) is 14.0 Å². The van der Waals surface area contributed by atoms with Crippen molar-refractivity contribution in [1.29, 1.82) is 0 Å². The summed E-state index contributed by atoms with van der Waals surface area (Å²) >= 11 is 7.06. The number of benzene rings is 1. The fourth-order valence-electron chi connectivity index (χ4n) is 1.36. The number of hydrogen-bond donors (Lipinski definition) is 1. The normalized spacial score (nSPS) is 12.2. The molecule has 0 aliphatic rings. The number of hydrogen-bond acceptors (Lipinski definition) is 5. The molecular formula is C11H11ClFN5OS. The molecule has 0 saturated heterocycles. The maximum Gasteiger partial charge on any atom is 0.237 e. The lowest BCUT2D eigenvalue weighted by Gasteiger charge is -2.11. The lowest BCUT2D eigenvalue weighted by Crippen LogP contribution is -2.23. The molecule has 0 bridgehead atoms. The zero-order valence-electron chi connectivity index (χ0n) is 10.7. The van der Waals surface area contributed by atoms with E-state index in [2.05, 4.69) is 20.8 Å². The summed E-state index contributed by atoms with van der Waals surface area (Å²) in [6.07, 6.45) is 0. The molecule has 2 aromatic rings. The number of aryl methyl sites for hydroxylation is 1. The molecule has 9 heteroatoms. The molecule has 0 saturated carbocycles. The van der Waals surface area contributed by atoms with Crippen molar-refractivity contribution in [3.05, 3.63) is 29.0 Å². The van der Waals surface area contributed by atoms with Gasteiger partial charge < -0.3 is 5.32 Å². The molecule has 1 N–H and O–H groups in total. The van der Waals surface area contributed by atoms with Crippen molar-refractivity contribution in [2.24, 2.45) is 7.05 Å². The number of carbonyl (C=O) groups is 1. The van der Waals surface area contributed by atoms with Gasteiger partial charge in [0.15, 0.2) is 0 Å². The number of tetrazole rings is 1. The van der Waals surface area contributed by atoms with Gasteiger partial charge in [-0.05, 0) is 35.5 Å². The van der Waals surface area contributed by atoms with Crippen molar-refractivity contribution in [1.82, 2.24) is 20.2 Å². The molecular weight excluding hydrogens is 305 g/mol. The SMILES string of the molecule is CC(Sc1nnnn1C)C(=O)Nc1ccc(F)cc1Cl. The molecule has 0 spiro atoms. The molecule has 106 valence electrons. The van der Waals surface area contributed by atoms with Crippen molar-refractivity contribution in [2.45, 2.75) is 17.3 Å². The van der Waals surface area contributed by atoms with E-state index in [0.29, 0.717) is 10.8 Å². The molecule has 1 aromatic carbocycles. The van der Waals surface area contributed by atoms with Crippen LogP contribution in [0.3, 0.4) is 0 Å². The maximum absolute atomic E-state index is 12.9. The molecule has 1 amide bonds. The molecule has 1 aromatic heterocycles. The molecule has 0 radical (unpaired) electrons. The lowest BCUT2D eigenvalue weighted by molar-refractivity contribution is -0.115. The number of aromatic nitrogens is 4. The minimum atomic E-state index is -0.458. The van der Waals surface area contributed by atoms with Crippen LogP contribution in [0.1, 0.15) is 6.92 Å². The van der Waals surface area contributed by atoms with Crippen LogP contribution in [0.5, 0.6) is 0 Å². The second-order valence-corrected chi connectivity index (χ2v) is 5.67. The summed E-state index contributed by atoms with van der Waals surface area (Å²) in [5, 5.41) is 13.8. The Kier molecular flexibility index (Phi) is 4.56. The van der Waals surface area contributed by atoms with Gasteiger partial charge in [0.05, 0.1) is 16.0 Å². The predicted molar refractivity (Wildman–Crippen MR) is 74.2 cm³/mol. The number of thioether (sulfide) groups is 1. The Morgan fingerprint density at radius 1 is 1.55 bits per heavy atom. The number of halogens is 2. The van der Waals surface area contributed by atoms with E-state index in [9.17, 15) is 9.18 Å². The van der Waals surface area contributed by atoms with Crippen LogP contribution in [0.25, 0.3) is 0 Å². The van der Waals surface area contributed by atoms with Gasteiger partial charge in [0.1, 0.15) is 5.82 Å². The Morgan fingerprint density at radius 3 is 2.90 bits per heavy atom. The number of rotatable bonds is 4. The summed E-state index contributed by atoms with van der Waals surface area (Å²) in [6.45, 7) is 1.71. The summed E-state index contributed by atoms with van der Waals surface area (Å²) in [7, 11) is 1.68. The average molecular weight is 316 g/mol. The molecule has 2 rings (SSSR count). The molecule has 6 nitrogen and oxygen atoms in total. The fraction of sp³-hybridized carbons (Fsp3) is 0.273. The van der Waals surface area contributed by atoms with Gasteiger partial charge in [-0.2, -0.15) is 0 Å². The summed E-state index contributed by atoms with van der Waals surface area (Å²) < 4.78 is 14.4. The summed E-state index contributed by atoms with van der Waals surface area (Å²) in [6, 6.07) is 3.78. The summed E-state index contributed by atoms with van der Waals surface area (Å²) in [5.74, 6) is -0.730. The monoisotopic (exact) mass is 315 g/mol. The van der Waals surface area contributed by atoms with Crippen LogP contribution in [-0.2, 0) is 11.8 Å². The number of nitrogens with zero attached hydrogens (tertiary/aromatic N) is 4.